The van der Waals surface area contributed by atoms with Crippen LogP contribution in [0.4, 0.5) is 0 Å². The second-order valence-corrected chi connectivity index (χ2v) is 5.99. The molecule has 0 aromatic carbocycles. The summed E-state index contributed by atoms with van der Waals surface area (Å²) in [6, 6.07) is 5.83. The highest BCUT2D eigenvalue weighted by molar-refractivity contribution is 7.16. The van der Waals surface area contributed by atoms with Gasteiger partial charge in [0.1, 0.15) is 0 Å². The first-order valence-electron chi connectivity index (χ1n) is 4.91. The molecule has 0 fully saturated rings. The molecule has 2 aromatic heterocycles. The maximum Gasteiger partial charge on any atom is 0.0931 e. The predicted octanol–water partition coefficient (Wildman–Crippen LogP) is 3.29. The molecule has 16 heavy (non-hydrogen) atoms. The molecule has 2 heterocycles. The van der Waals surface area contributed by atoms with Gasteiger partial charge in [0.2, 0.25) is 0 Å². The zero-order chi connectivity index (χ0) is 11.4. The molecule has 0 aliphatic rings. The Morgan fingerprint density at radius 3 is 2.88 bits per heavy atom. The molecular weight excluding hydrogens is 262 g/mol. The molecular formula is C11H12ClNOS2. The lowest BCUT2D eigenvalue weighted by atomic mass is 10.2. The Kier molecular flexibility index (Phi) is 4.37. The number of rotatable bonds is 5. The van der Waals surface area contributed by atoms with Crippen LogP contribution in [0.15, 0.2) is 29.0 Å². The Balaban J connectivity index is 1.76. The number of nitrogens with one attached hydrogen (secondary N) is 1. The van der Waals surface area contributed by atoms with Gasteiger partial charge in [0.05, 0.1) is 10.4 Å². The van der Waals surface area contributed by atoms with Crippen LogP contribution in [-0.4, -0.2) is 11.7 Å². The van der Waals surface area contributed by atoms with E-state index in [2.05, 4.69) is 5.32 Å². The van der Waals surface area contributed by atoms with Gasteiger partial charge in [0.15, 0.2) is 0 Å². The second-order valence-electron chi connectivity index (χ2n) is 3.41. The average Bonchev–Trinajstić information content (AvgIpc) is 2.89. The first kappa shape index (κ1) is 12.1. The number of aliphatic hydroxyl groups is 1. The van der Waals surface area contributed by atoms with Crippen LogP contribution in [0.1, 0.15) is 16.5 Å². The van der Waals surface area contributed by atoms with Gasteiger partial charge in [-0.2, -0.15) is 11.3 Å². The summed E-state index contributed by atoms with van der Waals surface area (Å²) in [7, 11) is 0. The molecule has 0 bridgehead atoms. The number of hydrogen-bond acceptors (Lipinski definition) is 4. The summed E-state index contributed by atoms with van der Waals surface area (Å²) in [5, 5.41) is 17.0. The third-order valence-electron chi connectivity index (χ3n) is 2.19. The number of hydrogen-bond donors (Lipinski definition) is 2. The van der Waals surface area contributed by atoms with Crippen LogP contribution < -0.4 is 5.32 Å². The fraction of sp³-hybridized carbons (Fsp3) is 0.273. The van der Waals surface area contributed by atoms with Crippen molar-refractivity contribution in [2.24, 2.45) is 0 Å². The van der Waals surface area contributed by atoms with Crippen molar-refractivity contribution in [1.82, 2.24) is 5.32 Å². The van der Waals surface area contributed by atoms with Crippen molar-refractivity contribution in [3.63, 3.8) is 0 Å². The highest BCUT2D eigenvalue weighted by Crippen LogP contribution is 2.21. The maximum absolute atomic E-state index is 9.81. The van der Waals surface area contributed by atoms with Gasteiger partial charge in [0.25, 0.3) is 0 Å². The Labute approximate surface area is 108 Å². The molecule has 1 unspecified atom stereocenters. The summed E-state index contributed by atoms with van der Waals surface area (Å²) >= 11 is 8.98. The third kappa shape index (κ3) is 3.30. The van der Waals surface area contributed by atoms with Crippen molar-refractivity contribution in [2.75, 3.05) is 6.54 Å². The molecule has 2 nitrogen and oxygen atoms in total. The molecule has 0 saturated heterocycles. The molecule has 5 heteroatoms. The molecule has 2 aromatic rings. The second kappa shape index (κ2) is 5.80. The monoisotopic (exact) mass is 273 g/mol. The van der Waals surface area contributed by atoms with Crippen LogP contribution >= 0.6 is 34.3 Å². The van der Waals surface area contributed by atoms with Gasteiger partial charge in [-0.15, -0.1) is 11.3 Å². The van der Waals surface area contributed by atoms with Crippen molar-refractivity contribution in [1.29, 1.82) is 0 Å². The van der Waals surface area contributed by atoms with E-state index in [-0.39, 0.29) is 0 Å². The first-order chi connectivity index (χ1) is 7.75. The normalized spacial score (nSPS) is 12.9. The summed E-state index contributed by atoms with van der Waals surface area (Å²) < 4.78 is 0.801. The Hall–Kier alpha value is -0.390. The quantitative estimate of drug-likeness (QED) is 0.876. The fourth-order valence-electron chi connectivity index (χ4n) is 1.36. The minimum absolute atomic E-state index is 0.429. The maximum atomic E-state index is 9.81. The van der Waals surface area contributed by atoms with E-state index < -0.39 is 6.10 Å². The minimum Gasteiger partial charge on any atom is -0.387 e. The van der Waals surface area contributed by atoms with E-state index in [4.69, 9.17) is 11.6 Å². The molecule has 0 aliphatic carbocycles. The largest absolute Gasteiger partial charge is 0.387 e. The van der Waals surface area contributed by atoms with Crippen LogP contribution in [0.2, 0.25) is 4.34 Å². The molecule has 86 valence electrons. The zero-order valence-electron chi connectivity index (χ0n) is 8.52. The Morgan fingerprint density at radius 1 is 1.38 bits per heavy atom. The molecule has 0 saturated carbocycles. The van der Waals surface area contributed by atoms with Gasteiger partial charge in [-0.3, -0.25) is 0 Å². The fourth-order valence-corrected chi connectivity index (χ4v) is 3.13. The van der Waals surface area contributed by atoms with Crippen LogP contribution in [0.5, 0.6) is 0 Å². The molecule has 0 radical (unpaired) electrons. The van der Waals surface area contributed by atoms with Gasteiger partial charge >= 0.3 is 0 Å². The van der Waals surface area contributed by atoms with E-state index in [1.54, 1.807) is 22.7 Å². The first-order valence-corrected chi connectivity index (χ1v) is 7.04. The zero-order valence-corrected chi connectivity index (χ0v) is 10.9. The molecule has 0 aliphatic heterocycles. The lowest BCUT2D eigenvalue weighted by molar-refractivity contribution is 0.175. The van der Waals surface area contributed by atoms with E-state index >= 15 is 0 Å². The standard InChI is InChI=1S/C11H12ClNOS2/c12-11-2-1-9(16-11)5-13-6-10(14)8-3-4-15-7-8/h1-4,7,10,13-14H,5-6H2. The molecule has 2 rings (SSSR count). The number of aliphatic hydroxyl groups excluding tert-OH is 1. The summed E-state index contributed by atoms with van der Waals surface area (Å²) in [5.74, 6) is 0. The van der Waals surface area contributed by atoms with E-state index in [1.807, 2.05) is 29.0 Å². The summed E-state index contributed by atoms with van der Waals surface area (Å²) in [5.41, 5.74) is 0.974. The summed E-state index contributed by atoms with van der Waals surface area (Å²) in [6.45, 7) is 1.31. The van der Waals surface area contributed by atoms with E-state index in [9.17, 15) is 5.11 Å². The van der Waals surface area contributed by atoms with E-state index in [0.29, 0.717) is 6.54 Å². The van der Waals surface area contributed by atoms with Crippen molar-refractivity contribution in [2.45, 2.75) is 12.6 Å². The lowest BCUT2D eigenvalue weighted by Crippen LogP contribution is -2.20. The summed E-state index contributed by atoms with van der Waals surface area (Å²) in [4.78, 5) is 1.18. The van der Waals surface area contributed by atoms with Gasteiger partial charge < -0.3 is 10.4 Å². The predicted molar refractivity (Wildman–Crippen MR) is 70.3 cm³/mol. The molecule has 1 atom stereocenters. The Morgan fingerprint density at radius 2 is 2.25 bits per heavy atom. The lowest BCUT2D eigenvalue weighted by Gasteiger charge is -2.09. The van der Waals surface area contributed by atoms with Crippen LogP contribution in [0.3, 0.4) is 0 Å². The minimum atomic E-state index is -0.429. The van der Waals surface area contributed by atoms with Gasteiger partial charge in [0, 0.05) is 18.0 Å². The van der Waals surface area contributed by atoms with Crippen molar-refractivity contribution in [3.05, 3.63) is 43.7 Å². The Bertz CT molecular complexity index is 427. The van der Waals surface area contributed by atoms with Crippen molar-refractivity contribution in [3.8, 4) is 0 Å². The van der Waals surface area contributed by atoms with Crippen LogP contribution in [-0.2, 0) is 6.54 Å². The molecule has 0 spiro atoms. The van der Waals surface area contributed by atoms with E-state index in [0.717, 1.165) is 16.4 Å². The van der Waals surface area contributed by atoms with E-state index in [1.165, 1.54) is 4.88 Å². The van der Waals surface area contributed by atoms with Gasteiger partial charge in [-0.05, 0) is 34.5 Å². The topological polar surface area (TPSA) is 32.3 Å². The molecule has 2 N–H and O–H groups in total. The average molecular weight is 274 g/mol. The van der Waals surface area contributed by atoms with Crippen LogP contribution in [0.25, 0.3) is 0 Å². The van der Waals surface area contributed by atoms with Crippen molar-refractivity contribution < 1.29 is 5.11 Å². The van der Waals surface area contributed by atoms with Crippen LogP contribution in [0, 0.1) is 0 Å². The highest BCUT2D eigenvalue weighted by Gasteiger charge is 2.07. The highest BCUT2D eigenvalue weighted by atomic mass is 35.5. The summed E-state index contributed by atoms with van der Waals surface area (Å²) in [6.07, 6.45) is -0.429. The number of halogens is 1. The molecule has 0 amide bonds. The SMILES string of the molecule is OC(CNCc1ccc(Cl)s1)c1ccsc1. The van der Waals surface area contributed by atoms with Crippen molar-refractivity contribution >= 4 is 34.3 Å². The third-order valence-corrected chi connectivity index (χ3v) is 4.13. The van der Waals surface area contributed by atoms with Gasteiger partial charge in [-0.1, -0.05) is 11.6 Å². The van der Waals surface area contributed by atoms with Gasteiger partial charge in [-0.25, -0.2) is 0 Å². The number of thiophene rings is 2. The smallest absolute Gasteiger partial charge is 0.0931 e.